The highest BCUT2D eigenvalue weighted by molar-refractivity contribution is 5.94. The Kier molecular flexibility index (Phi) is 5.29. The summed E-state index contributed by atoms with van der Waals surface area (Å²) in [6.07, 6.45) is 1.37. The van der Waals surface area contributed by atoms with Crippen LogP contribution in [0.1, 0.15) is 40.5 Å². The van der Waals surface area contributed by atoms with Crippen molar-refractivity contribution >= 4 is 5.91 Å². The largest absolute Gasteiger partial charge is 0.345 e. The number of nitrogens with zero attached hydrogens (tertiary/aromatic N) is 4. The highest BCUT2D eigenvalue weighted by Crippen LogP contribution is 2.27. The number of hydrogen-bond donors (Lipinski definition) is 0. The summed E-state index contributed by atoms with van der Waals surface area (Å²) in [4.78, 5) is 26.9. The molecule has 1 aliphatic rings. The molecule has 0 aliphatic carbocycles. The number of carbonyl (C=O) groups excluding carboxylic acids is 1. The lowest BCUT2D eigenvalue weighted by Gasteiger charge is -2.31. The summed E-state index contributed by atoms with van der Waals surface area (Å²) in [6.45, 7) is 1.49. The molecule has 1 aromatic heterocycles. The maximum absolute atomic E-state index is 13.9. The Balaban J connectivity index is 1.50. The van der Waals surface area contributed by atoms with Crippen molar-refractivity contribution in [3.63, 3.8) is 0 Å². The van der Waals surface area contributed by atoms with E-state index in [2.05, 4.69) is 5.10 Å². The molecule has 1 saturated heterocycles. The van der Waals surface area contributed by atoms with Crippen molar-refractivity contribution in [2.45, 2.75) is 25.3 Å². The van der Waals surface area contributed by atoms with Crippen LogP contribution >= 0.6 is 0 Å². The third-order valence-corrected chi connectivity index (χ3v) is 5.47. The molecular weight excluding hydrogens is 371 g/mol. The van der Waals surface area contributed by atoms with Gasteiger partial charge in [-0.1, -0.05) is 42.5 Å². The van der Waals surface area contributed by atoms with Gasteiger partial charge in [-0.15, -0.1) is 0 Å². The SMILES string of the molecule is Cn1nc(C2CCN(C(=O)c3ccccc3F)CC2)n(Cc2ccccc2)c1=O. The summed E-state index contributed by atoms with van der Waals surface area (Å²) < 4.78 is 17.0. The molecule has 6 nitrogen and oxygen atoms in total. The van der Waals surface area contributed by atoms with Crippen molar-refractivity contribution in [1.29, 1.82) is 0 Å². The van der Waals surface area contributed by atoms with Crippen LogP contribution in [-0.2, 0) is 13.6 Å². The highest BCUT2D eigenvalue weighted by atomic mass is 19.1. The van der Waals surface area contributed by atoms with Crippen molar-refractivity contribution in [2.75, 3.05) is 13.1 Å². The first kappa shape index (κ1) is 19.1. The predicted molar refractivity (Wildman–Crippen MR) is 107 cm³/mol. The van der Waals surface area contributed by atoms with E-state index in [1.165, 1.54) is 16.8 Å². The van der Waals surface area contributed by atoms with Crippen LogP contribution in [0.3, 0.4) is 0 Å². The average Bonchev–Trinajstić information content (AvgIpc) is 3.03. The van der Waals surface area contributed by atoms with Gasteiger partial charge in [0.2, 0.25) is 0 Å². The summed E-state index contributed by atoms with van der Waals surface area (Å²) in [7, 11) is 1.66. The zero-order chi connectivity index (χ0) is 20.4. The van der Waals surface area contributed by atoms with Crippen molar-refractivity contribution in [2.24, 2.45) is 7.05 Å². The molecule has 0 N–H and O–H groups in total. The second-order valence-electron chi connectivity index (χ2n) is 7.38. The first-order valence-electron chi connectivity index (χ1n) is 9.76. The van der Waals surface area contributed by atoms with Crippen molar-refractivity contribution < 1.29 is 9.18 Å². The van der Waals surface area contributed by atoms with E-state index < -0.39 is 5.82 Å². The number of aromatic nitrogens is 3. The Morgan fingerprint density at radius 1 is 1.07 bits per heavy atom. The Morgan fingerprint density at radius 3 is 2.41 bits per heavy atom. The third kappa shape index (κ3) is 3.85. The summed E-state index contributed by atoms with van der Waals surface area (Å²) >= 11 is 0. The van der Waals surface area contributed by atoms with E-state index in [-0.39, 0.29) is 23.1 Å². The molecule has 1 fully saturated rings. The monoisotopic (exact) mass is 394 g/mol. The van der Waals surface area contributed by atoms with Crippen LogP contribution in [-0.4, -0.2) is 38.2 Å². The number of amides is 1. The number of rotatable bonds is 4. The normalized spacial score (nSPS) is 14.9. The smallest absolute Gasteiger partial charge is 0.339 e. The fraction of sp³-hybridized carbons (Fsp3) is 0.318. The van der Waals surface area contributed by atoms with E-state index in [1.807, 2.05) is 30.3 Å². The maximum Gasteiger partial charge on any atom is 0.345 e. The molecule has 0 spiro atoms. The van der Waals surface area contributed by atoms with E-state index in [0.717, 1.165) is 11.4 Å². The number of piperidine rings is 1. The van der Waals surface area contributed by atoms with Crippen LogP contribution in [0.15, 0.2) is 59.4 Å². The molecule has 1 amide bonds. The fourth-order valence-corrected chi connectivity index (χ4v) is 3.89. The van der Waals surface area contributed by atoms with Crippen LogP contribution < -0.4 is 5.69 Å². The zero-order valence-electron chi connectivity index (χ0n) is 16.3. The molecule has 0 unspecified atom stereocenters. The Bertz CT molecular complexity index is 1070. The van der Waals surface area contributed by atoms with Crippen molar-refractivity contribution in [3.05, 3.63) is 87.9 Å². The minimum absolute atomic E-state index is 0.0808. The van der Waals surface area contributed by atoms with Crippen LogP contribution in [0.2, 0.25) is 0 Å². The zero-order valence-corrected chi connectivity index (χ0v) is 16.3. The van der Waals surface area contributed by atoms with Crippen LogP contribution in [0, 0.1) is 5.82 Å². The van der Waals surface area contributed by atoms with E-state index in [0.29, 0.717) is 32.5 Å². The van der Waals surface area contributed by atoms with Crippen molar-refractivity contribution in [3.8, 4) is 0 Å². The van der Waals surface area contributed by atoms with Gasteiger partial charge in [-0.2, -0.15) is 5.10 Å². The molecular formula is C22H23FN4O2. The predicted octanol–water partition coefficient (Wildman–Crippen LogP) is 2.79. The third-order valence-electron chi connectivity index (χ3n) is 5.47. The Morgan fingerprint density at radius 2 is 1.72 bits per heavy atom. The lowest BCUT2D eigenvalue weighted by atomic mass is 9.95. The van der Waals surface area contributed by atoms with Crippen LogP contribution in [0.5, 0.6) is 0 Å². The maximum atomic E-state index is 13.9. The topological polar surface area (TPSA) is 60.1 Å². The fourth-order valence-electron chi connectivity index (χ4n) is 3.89. The summed E-state index contributed by atoms with van der Waals surface area (Å²) in [5, 5.41) is 4.48. The van der Waals surface area contributed by atoms with E-state index in [9.17, 15) is 14.0 Å². The van der Waals surface area contributed by atoms with Gasteiger partial charge in [0.1, 0.15) is 11.6 Å². The van der Waals surface area contributed by atoms with Crippen LogP contribution in [0.4, 0.5) is 4.39 Å². The average molecular weight is 394 g/mol. The summed E-state index contributed by atoms with van der Waals surface area (Å²) in [5.74, 6) is 0.0434. The molecule has 0 saturated carbocycles. The number of carbonyl (C=O) groups is 1. The second kappa shape index (κ2) is 8.03. The first-order valence-corrected chi connectivity index (χ1v) is 9.76. The van der Waals surface area contributed by atoms with Gasteiger partial charge in [-0.05, 0) is 30.5 Å². The number of benzene rings is 2. The number of aryl methyl sites for hydroxylation is 1. The molecule has 0 bridgehead atoms. The molecule has 3 aromatic rings. The van der Waals surface area contributed by atoms with E-state index in [4.69, 9.17) is 0 Å². The van der Waals surface area contributed by atoms with Gasteiger partial charge in [0.15, 0.2) is 0 Å². The van der Waals surface area contributed by atoms with Crippen LogP contribution in [0.25, 0.3) is 0 Å². The highest BCUT2D eigenvalue weighted by Gasteiger charge is 2.29. The standard InChI is InChI=1S/C22H23FN4O2/c1-25-22(29)27(15-16-7-3-2-4-8-16)20(24-25)17-11-13-26(14-12-17)21(28)18-9-5-6-10-19(18)23/h2-10,17H,11-15H2,1H3. The van der Waals surface area contributed by atoms with Gasteiger partial charge >= 0.3 is 5.69 Å². The number of hydrogen-bond acceptors (Lipinski definition) is 3. The Hall–Kier alpha value is -3.22. The van der Waals surface area contributed by atoms with Gasteiger partial charge in [0.05, 0.1) is 12.1 Å². The molecule has 4 rings (SSSR count). The number of halogens is 1. The molecule has 29 heavy (non-hydrogen) atoms. The molecule has 150 valence electrons. The first-order chi connectivity index (χ1) is 14.0. The molecule has 0 radical (unpaired) electrons. The summed E-state index contributed by atoms with van der Waals surface area (Å²) in [5.41, 5.74) is 0.995. The molecule has 2 heterocycles. The van der Waals surface area contributed by atoms with Gasteiger partial charge < -0.3 is 4.90 Å². The minimum Gasteiger partial charge on any atom is -0.339 e. The quantitative estimate of drug-likeness (QED) is 0.684. The van der Waals surface area contributed by atoms with Crippen molar-refractivity contribution in [1.82, 2.24) is 19.2 Å². The van der Waals surface area contributed by atoms with Gasteiger partial charge in [-0.3, -0.25) is 9.36 Å². The molecule has 7 heteroatoms. The summed E-state index contributed by atoms with van der Waals surface area (Å²) in [6, 6.07) is 15.9. The second-order valence-corrected chi connectivity index (χ2v) is 7.38. The lowest BCUT2D eigenvalue weighted by Crippen LogP contribution is -2.39. The molecule has 2 aromatic carbocycles. The molecule has 0 atom stereocenters. The number of likely N-dealkylation sites (tertiary alicyclic amines) is 1. The Labute approximate surface area is 168 Å². The van der Waals surface area contributed by atoms with E-state index in [1.54, 1.807) is 28.6 Å². The molecule has 1 aliphatic heterocycles. The van der Waals surface area contributed by atoms with Gasteiger partial charge in [0, 0.05) is 26.1 Å². The minimum atomic E-state index is -0.499. The van der Waals surface area contributed by atoms with Gasteiger partial charge in [0.25, 0.3) is 5.91 Å². The van der Waals surface area contributed by atoms with E-state index >= 15 is 0 Å². The van der Waals surface area contributed by atoms with Gasteiger partial charge in [-0.25, -0.2) is 13.9 Å². The lowest BCUT2D eigenvalue weighted by molar-refractivity contribution is 0.0705.